The van der Waals surface area contributed by atoms with Crippen LogP contribution >= 0.6 is 22.7 Å². The molecule has 0 aliphatic carbocycles. The Bertz CT molecular complexity index is 417. The van der Waals surface area contributed by atoms with E-state index in [1.54, 1.807) is 0 Å². The van der Waals surface area contributed by atoms with Crippen molar-refractivity contribution in [3.05, 3.63) is 44.8 Å². The van der Waals surface area contributed by atoms with Crippen LogP contribution in [0.25, 0.3) is 0 Å². The zero-order valence-corrected chi connectivity index (χ0v) is 14.0. The van der Waals surface area contributed by atoms with Gasteiger partial charge in [0.15, 0.2) is 0 Å². The third-order valence-electron chi connectivity index (χ3n) is 3.42. The maximum absolute atomic E-state index is 3.73. The standard InChI is InChI=1S/C16H24N2S2/c1-3-10-18(4-2)11-9-17-16(14-7-5-12-19-14)15-8-6-13-20-15/h5-8,12-13,16-17H,3-4,9-11H2,1-2H3. The molecule has 20 heavy (non-hydrogen) atoms. The Kier molecular flexibility index (Phi) is 6.73. The molecule has 0 spiro atoms. The highest BCUT2D eigenvalue weighted by Gasteiger charge is 2.15. The maximum atomic E-state index is 3.73. The summed E-state index contributed by atoms with van der Waals surface area (Å²) in [6, 6.07) is 9.09. The van der Waals surface area contributed by atoms with Crippen LogP contribution in [0.3, 0.4) is 0 Å². The van der Waals surface area contributed by atoms with Crippen LogP contribution in [-0.4, -0.2) is 31.1 Å². The van der Waals surface area contributed by atoms with E-state index in [0.717, 1.165) is 19.6 Å². The Hall–Kier alpha value is -0.680. The van der Waals surface area contributed by atoms with Crippen LogP contribution < -0.4 is 5.32 Å². The maximum Gasteiger partial charge on any atom is 0.0765 e. The minimum atomic E-state index is 0.357. The molecule has 1 N–H and O–H groups in total. The lowest BCUT2D eigenvalue weighted by molar-refractivity contribution is 0.285. The van der Waals surface area contributed by atoms with E-state index in [4.69, 9.17) is 0 Å². The highest BCUT2D eigenvalue weighted by atomic mass is 32.1. The minimum absolute atomic E-state index is 0.357. The fraction of sp³-hybridized carbons (Fsp3) is 0.500. The lowest BCUT2D eigenvalue weighted by Crippen LogP contribution is -2.34. The van der Waals surface area contributed by atoms with Crippen molar-refractivity contribution in [2.75, 3.05) is 26.2 Å². The van der Waals surface area contributed by atoms with E-state index in [0.29, 0.717) is 6.04 Å². The largest absolute Gasteiger partial charge is 0.304 e. The van der Waals surface area contributed by atoms with Gasteiger partial charge in [0, 0.05) is 22.8 Å². The molecule has 0 saturated carbocycles. The van der Waals surface area contributed by atoms with E-state index in [-0.39, 0.29) is 0 Å². The van der Waals surface area contributed by atoms with E-state index < -0.39 is 0 Å². The van der Waals surface area contributed by atoms with Gasteiger partial charge in [-0.05, 0) is 42.4 Å². The van der Waals surface area contributed by atoms with Crippen LogP contribution in [0.2, 0.25) is 0 Å². The van der Waals surface area contributed by atoms with Crippen LogP contribution in [-0.2, 0) is 0 Å². The lowest BCUT2D eigenvalue weighted by Gasteiger charge is -2.22. The van der Waals surface area contributed by atoms with Gasteiger partial charge in [-0.1, -0.05) is 26.0 Å². The highest BCUT2D eigenvalue weighted by Crippen LogP contribution is 2.28. The Morgan fingerprint density at radius 1 is 1.05 bits per heavy atom. The fourth-order valence-electron chi connectivity index (χ4n) is 2.36. The minimum Gasteiger partial charge on any atom is -0.304 e. The first-order valence-electron chi connectivity index (χ1n) is 7.37. The zero-order valence-electron chi connectivity index (χ0n) is 12.3. The van der Waals surface area contributed by atoms with Crippen LogP contribution in [0.4, 0.5) is 0 Å². The first kappa shape index (κ1) is 15.7. The third-order valence-corrected chi connectivity index (χ3v) is 5.29. The van der Waals surface area contributed by atoms with Gasteiger partial charge in [-0.15, -0.1) is 22.7 Å². The second-order valence-corrected chi connectivity index (χ2v) is 6.81. The Morgan fingerprint density at radius 3 is 2.15 bits per heavy atom. The third kappa shape index (κ3) is 4.42. The molecule has 2 aromatic heterocycles. The van der Waals surface area contributed by atoms with E-state index in [1.807, 2.05) is 22.7 Å². The average Bonchev–Trinajstić information content (AvgIpc) is 3.15. The normalized spacial score (nSPS) is 11.6. The number of hydrogen-bond donors (Lipinski definition) is 1. The van der Waals surface area contributed by atoms with E-state index in [1.165, 1.54) is 22.7 Å². The molecule has 2 nitrogen and oxygen atoms in total. The van der Waals surface area contributed by atoms with Crippen molar-refractivity contribution in [1.29, 1.82) is 0 Å². The van der Waals surface area contributed by atoms with Crippen LogP contribution in [0.5, 0.6) is 0 Å². The molecule has 0 saturated heterocycles. The monoisotopic (exact) mass is 308 g/mol. The smallest absolute Gasteiger partial charge is 0.0765 e. The molecular weight excluding hydrogens is 284 g/mol. The predicted octanol–water partition coefficient (Wildman–Crippen LogP) is 4.22. The predicted molar refractivity (Wildman–Crippen MR) is 90.9 cm³/mol. The molecule has 0 aliphatic rings. The van der Waals surface area contributed by atoms with Crippen LogP contribution in [0.15, 0.2) is 35.0 Å². The average molecular weight is 309 g/mol. The first-order chi connectivity index (χ1) is 9.85. The van der Waals surface area contributed by atoms with Gasteiger partial charge < -0.3 is 10.2 Å². The lowest BCUT2D eigenvalue weighted by atomic mass is 10.2. The molecule has 2 aromatic rings. The number of nitrogens with one attached hydrogen (secondary N) is 1. The quantitative estimate of drug-likeness (QED) is 0.746. The molecule has 4 heteroatoms. The van der Waals surface area contributed by atoms with Gasteiger partial charge in [-0.25, -0.2) is 0 Å². The summed E-state index contributed by atoms with van der Waals surface area (Å²) in [5.74, 6) is 0. The van der Waals surface area contributed by atoms with E-state index in [2.05, 4.69) is 59.1 Å². The number of nitrogens with zero attached hydrogens (tertiary/aromatic N) is 1. The second kappa shape index (κ2) is 8.57. The molecular formula is C16H24N2S2. The topological polar surface area (TPSA) is 15.3 Å². The van der Waals surface area contributed by atoms with Gasteiger partial charge in [0.25, 0.3) is 0 Å². The van der Waals surface area contributed by atoms with Crippen molar-refractivity contribution < 1.29 is 0 Å². The molecule has 0 radical (unpaired) electrons. The summed E-state index contributed by atoms with van der Waals surface area (Å²) < 4.78 is 0. The number of likely N-dealkylation sites (N-methyl/N-ethyl adjacent to an activating group) is 1. The first-order valence-corrected chi connectivity index (χ1v) is 9.13. The van der Waals surface area contributed by atoms with Gasteiger partial charge in [0.2, 0.25) is 0 Å². The molecule has 110 valence electrons. The van der Waals surface area contributed by atoms with Gasteiger partial charge in [-0.3, -0.25) is 0 Å². The molecule has 0 fully saturated rings. The summed E-state index contributed by atoms with van der Waals surface area (Å²) in [7, 11) is 0. The second-order valence-electron chi connectivity index (χ2n) is 4.85. The fourth-order valence-corrected chi connectivity index (χ4v) is 4.07. The number of thiophene rings is 2. The summed E-state index contributed by atoms with van der Waals surface area (Å²) in [5.41, 5.74) is 0. The van der Waals surface area contributed by atoms with Crippen molar-refractivity contribution in [3.63, 3.8) is 0 Å². The number of hydrogen-bond acceptors (Lipinski definition) is 4. The Morgan fingerprint density at radius 2 is 1.70 bits per heavy atom. The molecule has 2 rings (SSSR count). The molecule has 0 amide bonds. The summed E-state index contributed by atoms with van der Waals surface area (Å²) in [4.78, 5) is 5.32. The highest BCUT2D eigenvalue weighted by molar-refractivity contribution is 7.11. The van der Waals surface area contributed by atoms with Gasteiger partial charge in [-0.2, -0.15) is 0 Å². The molecule has 0 aromatic carbocycles. The summed E-state index contributed by atoms with van der Waals surface area (Å²) in [6.45, 7) is 8.98. The zero-order chi connectivity index (χ0) is 14.2. The van der Waals surface area contributed by atoms with Crippen LogP contribution in [0, 0.1) is 0 Å². The van der Waals surface area contributed by atoms with Crippen molar-refractivity contribution in [1.82, 2.24) is 10.2 Å². The molecule has 0 bridgehead atoms. The molecule has 0 atom stereocenters. The van der Waals surface area contributed by atoms with Crippen molar-refractivity contribution in [3.8, 4) is 0 Å². The molecule has 0 unspecified atom stereocenters. The summed E-state index contributed by atoms with van der Waals surface area (Å²) in [5, 5.41) is 8.05. The van der Waals surface area contributed by atoms with E-state index >= 15 is 0 Å². The number of rotatable bonds is 9. The Labute approximate surface area is 130 Å². The van der Waals surface area contributed by atoms with Gasteiger partial charge in [0.05, 0.1) is 6.04 Å². The Balaban J connectivity index is 1.92. The van der Waals surface area contributed by atoms with Gasteiger partial charge >= 0.3 is 0 Å². The van der Waals surface area contributed by atoms with Crippen molar-refractivity contribution in [2.24, 2.45) is 0 Å². The van der Waals surface area contributed by atoms with Crippen molar-refractivity contribution >= 4 is 22.7 Å². The summed E-state index contributed by atoms with van der Waals surface area (Å²) >= 11 is 3.67. The van der Waals surface area contributed by atoms with Crippen LogP contribution in [0.1, 0.15) is 36.1 Å². The van der Waals surface area contributed by atoms with Gasteiger partial charge in [0.1, 0.15) is 0 Å². The van der Waals surface area contributed by atoms with E-state index in [9.17, 15) is 0 Å². The molecule has 0 aliphatic heterocycles. The summed E-state index contributed by atoms with van der Waals surface area (Å²) in [6.07, 6.45) is 1.23. The van der Waals surface area contributed by atoms with Crippen molar-refractivity contribution in [2.45, 2.75) is 26.3 Å². The SMILES string of the molecule is CCCN(CC)CCNC(c1cccs1)c1cccs1. The molecule has 2 heterocycles.